The minimum Gasteiger partial charge on any atom is -0.472 e. The van der Waals surface area contributed by atoms with Crippen LogP contribution in [0.15, 0.2) is 58.4 Å². The average molecular weight is 477 g/mol. The van der Waals surface area contributed by atoms with E-state index in [9.17, 15) is 9.59 Å². The molecule has 0 aromatic carbocycles. The number of carbonyl (C=O) groups excluding carboxylic acids is 2. The van der Waals surface area contributed by atoms with Crippen molar-refractivity contribution >= 4 is 34.9 Å². The van der Waals surface area contributed by atoms with Crippen molar-refractivity contribution < 1.29 is 14.0 Å². The van der Waals surface area contributed by atoms with Gasteiger partial charge < -0.3 is 15.1 Å². The van der Waals surface area contributed by atoms with Gasteiger partial charge in [0.25, 0.3) is 11.1 Å². The van der Waals surface area contributed by atoms with Gasteiger partial charge in [0.2, 0.25) is 5.95 Å². The zero-order chi connectivity index (χ0) is 23.3. The summed E-state index contributed by atoms with van der Waals surface area (Å²) >= 11 is 0.878. The average Bonchev–Trinajstić information content (AvgIpc) is 3.49. The summed E-state index contributed by atoms with van der Waals surface area (Å²) in [4.78, 5) is 36.9. The maximum Gasteiger partial charge on any atom is 0.290 e. The number of amides is 2. The fourth-order valence-electron chi connectivity index (χ4n) is 4.10. The molecule has 0 spiro atoms. The van der Waals surface area contributed by atoms with Crippen LogP contribution in [0.3, 0.4) is 0 Å². The van der Waals surface area contributed by atoms with Crippen LogP contribution in [-0.2, 0) is 11.3 Å². The molecule has 1 aliphatic heterocycles. The van der Waals surface area contributed by atoms with Crippen LogP contribution in [0, 0.1) is 0 Å². The molecule has 3 N–H and O–H groups in total. The van der Waals surface area contributed by atoms with E-state index in [1.807, 2.05) is 24.3 Å². The summed E-state index contributed by atoms with van der Waals surface area (Å²) in [6.45, 7) is 0.725. The van der Waals surface area contributed by atoms with Gasteiger partial charge in [-0.05, 0) is 67.8 Å². The smallest absolute Gasteiger partial charge is 0.290 e. The van der Waals surface area contributed by atoms with Crippen molar-refractivity contribution in [3.63, 3.8) is 0 Å². The van der Waals surface area contributed by atoms with E-state index < -0.39 is 5.91 Å². The van der Waals surface area contributed by atoms with Gasteiger partial charge in [0.05, 0.1) is 34.5 Å². The van der Waals surface area contributed by atoms with Crippen LogP contribution < -0.4 is 16.0 Å². The topological polar surface area (TPSA) is 122 Å². The van der Waals surface area contributed by atoms with Crippen molar-refractivity contribution in [3.8, 4) is 11.3 Å². The van der Waals surface area contributed by atoms with Crippen molar-refractivity contribution in [3.05, 3.63) is 65.3 Å². The Morgan fingerprint density at radius 3 is 2.71 bits per heavy atom. The highest BCUT2D eigenvalue weighted by atomic mass is 32.2. The van der Waals surface area contributed by atoms with Gasteiger partial charge in [-0.3, -0.25) is 19.9 Å². The SMILES string of the molecule is O=C1NC(=O)/C(=C/c2ccnc(N[C@H]3CC[C@H](NCc4cccc(-c5ccoc5)n4)CC3)n2)S1. The Labute approximate surface area is 200 Å². The summed E-state index contributed by atoms with van der Waals surface area (Å²) in [5.74, 6) is 0.137. The molecule has 1 saturated carbocycles. The first kappa shape index (κ1) is 22.3. The molecule has 0 atom stereocenters. The second-order valence-electron chi connectivity index (χ2n) is 8.26. The van der Waals surface area contributed by atoms with Crippen LogP contribution in [0.25, 0.3) is 17.3 Å². The number of imide groups is 1. The zero-order valence-electron chi connectivity index (χ0n) is 18.4. The number of carbonyl (C=O) groups is 2. The molecule has 0 bridgehead atoms. The van der Waals surface area contributed by atoms with Gasteiger partial charge in [0.15, 0.2) is 0 Å². The minimum atomic E-state index is -0.391. The van der Waals surface area contributed by atoms with E-state index in [1.165, 1.54) is 0 Å². The van der Waals surface area contributed by atoms with Gasteiger partial charge in [0.1, 0.15) is 0 Å². The Bertz CT molecular complexity index is 1200. The lowest BCUT2D eigenvalue weighted by Crippen LogP contribution is -2.37. The number of pyridine rings is 1. The van der Waals surface area contributed by atoms with Crippen LogP contribution in [0.4, 0.5) is 10.7 Å². The van der Waals surface area contributed by atoms with E-state index in [4.69, 9.17) is 9.40 Å². The van der Waals surface area contributed by atoms with Crippen molar-refractivity contribution in [2.24, 2.45) is 0 Å². The van der Waals surface area contributed by atoms with Gasteiger partial charge in [-0.1, -0.05) is 6.07 Å². The fourth-order valence-corrected chi connectivity index (χ4v) is 4.77. The lowest BCUT2D eigenvalue weighted by molar-refractivity contribution is -0.115. The second kappa shape index (κ2) is 10.2. The number of nitrogens with one attached hydrogen (secondary N) is 3. The molecule has 0 unspecified atom stereocenters. The number of aromatic nitrogens is 3. The summed E-state index contributed by atoms with van der Waals surface area (Å²) in [5, 5.41) is 8.92. The summed E-state index contributed by atoms with van der Waals surface area (Å²) in [7, 11) is 0. The van der Waals surface area contributed by atoms with E-state index in [-0.39, 0.29) is 11.3 Å². The Morgan fingerprint density at radius 2 is 1.94 bits per heavy atom. The molecule has 1 saturated heterocycles. The Hall–Kier alpha value is -3.50. The monoisotopic (exact) mass is 476 g/mol. The molecule has 2 fully saturated rings. The number of furan rings is 1. The van der Waals surface area contributed by atoms with E-state index in [1.54, 1.807) is 30.9 Å². The third kappa shape index (κ3) is 5.52. The molecule has 3 aromatic rings. The van der Waals surface area contributed by atoms with E-state index in [0.717, 1.165) is 60.9 Å². The number of hydrogen-bond donors (Lipinski definition) is 3. The van der Waals surface area contributed by atoms with Gasteiger partial charge in [-0.2, -0.15) is 0 Å². The highest BCUT2D eigenvalue weighted by Crippen LogP contribution is 2.26. The molecule has 2 aliphatic rings. The third-order valence-electron chi connectivity index (χ3n) is 5.85. The molecule has 9 nitrogen and oxygen atoms in total. The number of anilines is 1. The first-order valence-electron chi connectivity index (χ1n) is 11.2. The summed E-state index contributed by atoms with van der Waals surface area (Å²) in [6, 6.07) is 10.4. The maximum absolute atomic E-state index is 11.7. The van der Waals surface area contributed by atoms with E-state index >= 15 is 0 Å². The van der Waals surface area contributed by atoms with Crippen LogP contribution in [0.5, 0.6) is 0 Å². The predicted octanol–water partition coefficient (Wildman–Crippen LogP) is 3.97. The molecule has 4 heterocycles. The van der Waals surface area contributed by atoms with Gasteiger partial charge in [-0.15, -0.1) is 0 Å². The van der Waals surface area contributed by atoms with E-state index in [2.05, 4.69) is 25.9 Å². The quantitative estimate of drug-likeness (QED) is 0.435. The summed E-state index contributed by atoms with van der Waals surface area (Å²) < 4.78 is 5.16. The molecule has 1 aliphatic carbocycles. The number of rotatable bonds is 7. The first-order valence-corrected chi connectivity index (χ1v) is 12.0. The molecular weight excluding hydrogens is 452 g/mol. The predicted molar refractivity (Wildman–Crippen MR) is 130 cm³/mol. The Balaban J connectivity index is 1.11. The van der Waals surface area contributed by atoms with Crippen molar-refractivity contribution in [2.75, 3.05) is 5.32 Å². The molecule has 3 aromatic heterocycles. The van der Waals surface area contributed by atoms with Crippen LogP contribution >= 0.6 is 11.8 Å². The molecule has 2 amide bonds. The molecule has 0 radical (unpaired) electrons. The highest BCUT2D eigenvalue weighted by Gasteiger charge is 2.25. The van der Waals surface area contributed by atoms with Crippen LogP contribution in [-0.4, -0.2) is 38.2 Å². The van der Waals surface area contributed by atoms with Crippen molar-refractivity contribution in [2.45, 2.75) is 44.3 Å². The molecule has 174 valence electrons. The van der Waals surface area contributed by atoms with Gasteiger partial charge >= 0.3 is 0 Å². The standard InChI is InChI=1S/C24H24N6O3S/c31-22-21(34-24(32)30-22)12-18-8-10-25-23(29-18)28-17-6-4-16(5-7-17)26-13-19-2-1-3-20(27-19)15-9-11-33-14-15/h1-3,8-12,14,16-17,26H,4-7,13H2,(H,25,28,29)(H,30,31,32)/b21-12-/t16-,17-. The summed E-state index contributed by atoms with van der Waals surface area (Å²) in [6.07, 6.45) is 10.7. The van der Waals surface area contributed by atoms with Gasteiger partial charge in [-0.25, -0.2) is 9.97 Å². The van der Waals surface area contributed by atoms with Crippen LogP contribution in [0.2, 0.25) is 0 Å². The number of nitrogens with zero attached hydrogens (tertiary/aromatic N) is 3. The van der Waals surface area contributed by atoms with Crippen molar-refractivity contribution in [1.82, 2.24) is 25.6 Å². The fraction of sp³-hybridized carbons (Fsp3) is 0.292. The second-order valence-corrected chi connectivity index (χ2v) is 9.27. The number of hydrogen-bond acceptors (Lipinski definition) is 9. The van der Waals surface area contributed by atoms with Crippen molar-refractivity contribution in [1.29, 1.82) is 0 Å². The summed E-state index contributed by atoms with van der Waals surface area (Å²) in [5.41, 5.74) is 3.49. The number of thioether (sulfide) groups is 1. The Morgan fingerprint density at radius 1 is 1.09 bits per heavy atom. The lowest BCUT2D eigenvalue weighted by atomic mass is 9.91. The third-order valence-corrected chi connectivity index (χ3v) is 6.66. The normalized spacial score (nSPS) is 21.6. The largest absolute Gasteiger partial charge is 0.472 e. The molecule has 10 heteroatoms. The Kier molecular flexibility index (Phi) is 6.68. The van der Waals surface area contributed by atoms with E-state index in [0.29, 0.717) is 22.6 Å². The van der Waals surface area contributed by atoms with Gasteiger partial charge in [0, 0.05) is 30.4 Å². The zero-order valence-corrected chi connectivity index (χ0v) is 19.2. The molecule has 34 heavy (non-hydrogen) atoms. The first-order chi connectivity index (χ1) is 16.6. The highest BCUT2D eigenvalue weighted by molar-refractivity contribution is 8.18. The van der Waals surface area contributed by atoms with Crippen LogP contribution in [0.1, 0.15) is 37.1 Å². The minimum absolute atomic E-state index is 0.286. The molecule has 5 rings (SSSR count). The maximum atomic E-state index is 11.7. The lowest BCUT2D eigenvalue weighted by Gasteiger charge is -2.29. The molecular formula is C24H24N6O3S.